The van der Waals surface area contributed by atoms with E-state index in [1.807, 2.05) is 0 Å². The van der Waals surface area contributed by atoms with Gasteiger partial charge in [0.05, 0.1) is 18.8 Å². The fourth-order valence-corrected chi connectivity index (χ4v) is 3.24. The summed E-state index contributed by atoms with van der Waals surface area (Å²) in [6, 6.07) is 7.80. The number of halogens is 4. The second kappa shape index (κ2) is 12.5. The maximum atomic E-state index is 14.9. The van der Waals surface area contributed by atoms with Gasteiger partial charge in [-0.25, -0.2) is 9.18 Å². The number of cyclic esters (lactones) is 1. The summed E-state index contributed by atoms with van der Waals surface area (Å²) in [5.74, 6) is -3.56. The summed E-state index contributed by atoms with van der Waals surface area (Å²) in [4.78, 5) is 38.4. The molecule has 3 heterocycles. The lowest BCUT2D eigenvalue weighted by Crippen LogP contribution is -2.54. The molecule has 0 aliphatic carbocycles. The average molecular weight is 569 g/mol. The smallest absolute Gasteiger partial charge is 0.430 e. The van der Waals surface area contributed by atoms with Crippen molar-refractivity contribution in [1.29, 1.82) is 0 Å². The van der Waals surface area contributed by atoms with Crippen molar-refractivity contribution in [3.05, 3.63) is 48.2 Å². The Morgan fingerprint density at radius 1 is 1.25 bits per heavy atom. The van der Waals surface area contributed by atoms with E-state index in [1.54, 1.807) is 38.1 Å². The van der Waals surface area contributed by atoms with Gasteiger partial charge in [0.15, 0.2) is 6.10 Å². The van der Waals surface area contributed by atoms with E-state index in [4.69, 9.17) is 23.8 Å². The number of nitrogens with zero attached hydrogens (tertiary/aromatic N) is 4. The average Bonchev–Trinajstić information content (AvgIpc) is 3.51. The van der Waals surface area contributed by atoms with Gasteiger partial charge in [0.25, 0.3) is 5.89 Å². The Kier molecular flexibility index (Phi) is 9.36. The zero-order valence-electron chi connectivity index (χ0n) is 21.1. The van der Waals surface area contributed by atoms with Gasteiger partial charge < -0.3 is 29.5 Å². The molecule has 1 amide bonds. The molecule has 1 fully saturated rings. The number of pyridine rings is 1. The van der Waals surface area contributed by atoms with Crippen molar-refractivity contribution in [2.24, 2.45) is 5.92 Å². The molecule has 3 N–H and O–H groups in total. The van der Waals surface area contributed by atoms with Crippen LogP contribution in [-0.2, 0) is 19.1 Å². The highest BCUT2D eigenvalue weighted by molar-refractivity contribution is 5.90. The molecule has 0 spiro atoms. The van der Waals surface area contributed by atoms with Crippen LogP contribution in [0.1, 0.15) is 12.8 Å². The molecule has 0 bridgehead atoms. The van der Waals surface area contributed by atoms with Gasteiger partial charge in [0.2, 0.25) is 5.89 Å². The quantitative estimate of drug-likeness (QED) is 0.322. The van der Waals surface area contributed by atoms with Crippen LogP contribution in [0.25, 0.3) is 22.7 Å². The molecule has 2 atom stereocenters. The number of hydrogen-bond acceptors (Lipinski definition) is 10. The van der Waals surface area contributed by atoms with Gasteiger partial charge in [-0.1, -0.05) is 6.07 Å². The Hall–Kier alpha value is -4.60. The zero-order chi connectivity index (χ0) is 29.6. The molecule has 40 heavy (non-hydrogen) atoms. The van der Waals surface area contributed by atoms with Crippen LogP contribution in [0.2, 0.25) is 0 Å². The van der Waals surface area contributed by atoms with E-state index < -0.39 is 36.1 Å². The molecule has 1 saturated heterocycles. The monoisotopic (exact) mass is 569 g/mol. The van der Waals surface area contributed by atoms with Crippen molar-refractivity contribution in [2.75, 3.05) is 24.6 Å². The molecule has 1 aromatic carbocycles. The summed E-state index contributed by atoms with van der Waals surface area (Å²) in [6.45, 7) is 3.88. The van der Waals surface area contributed by atoms with E-state index in [9.17, 15) is 27.2 Å². The van der Waals surface area contributed by atoms with Crippen LogP contribution >= 0.6 is 0 Å². The summed E-state index contributed by atoms with van der Waals surface area (Å²) < 4.78 is 62.2. The van der Waals surface area contributed by atoms with Crippen LogP contribution in [0, 0.1) is 18.7 Å². The van der Waals surface area contributed by atoms with Gasteiger partial charge in [0, 0.05) is 24.2 Å². The molecule has 3 aromatic rings. The molecular formula is C24H23F4N5O7. The molecule has 0 unspecified atom stereocenters. The van der Waals surface area contributed by atoms with Crippen molar-refractivity contribution >= 4 is 23.7 Å². The maximum absolute atomic E-state index is 14.9. The third-order valence-electron chi connectivity index (χ3n) is 5.44. The minimum absolute atomic E-state index is 0.0659. The molecule has 1 aliphatic heterocycles. The number of hydrogen-bond donors (Lipinski definition) is 1. The third-order valence-corrected chi connectivity index (χ3v) is 5.44. The van der Waals surface area contributed by atoms with Gasteiger partial charge in [-0.05, 0) is 31.2 Å². The first kappa shape index (κ1) is 29.9. The highest BCUT2D eigenvalue weighted by Crippen LogP contribution is 2.30. The van der Waals surface area contributed by atoms with E-state index in [0.717, 1.165) is 0 Å². The van der Waals surface area contributed by atoms with E-state index in [2.05, 4.69) is 20.9 Å². The largest absolute Gasteiger partial charge is 0.542 e. The molecule has 0 radical (unpaired) electrons. The SMILES string of the molecule is Cc1nnc(-c2ccc(-c3ccc(N4C[C@H](COC(=O)[C@H](C)C[NH3+])OC4=O)cc3F)cn2)o1.O=C([O-])C(F)(F)F. The predicted molar refractivity (Wildman–Crippen MR) is 124 cm³/mol. The zero-order valence-corrected chi connectivity index (χ0v) is 21.1. The lowest BCUT2D eigenvalue weighted by molar-refractivity contribution is -0.375. The number of quaternary nitrogens is 1. The second-order valence-electron chi connectivity index (χ2n) is 8.44. The summed E-state index contributed by atoms with van der Waals surface area (Å²) >= 11 is 0. The van der Waals surface area contributed by atoms with E-state index >= 15 is 0 Å². The maximum Gasteiger partial charge on any atom is 0.430 e. The second-order valence-corrected chi connectivity index (χ2v) is 8.44. The molecule has 214 valence electrons. The first-order valence-electron chi connectivity index (χ1n) is 11.6. The molecule has 2 aromatic heterocycles. The van der Waals surface area contributed by atoms with Crippen molar-refractivity contribution < 1.29 is 56.7 Å². The normalized spacial score (nSPS) is 15.6. The molecule has 0 saturated carbocycles. The number of carboxylic acid groups (broad SMARTS) is 1. The molecule has 4 rings (SSSR count). The number of esters is 1. The van der Waals surface area contributed by atoms with Crippen LogP contribution in [0.5, 0.6) is 0 Å². The van der Waals surface area contributed by atoms with Crippen molar-refractivity contribution in [1.82, 2.24) is 15.2 Å². The standard InChI is InChI=1S/C22H22FN5O5.C2HF3O2/c1-12(8-24)21(29)31-11-16-10-28(22(30)33-16)15-4-5-17(18(23)7-15)14-3-6-19(25-9-14)20-27-26-13(2)32-20;3-2(4,5)1(6)7/h3-7,9,12,16H,8,10-11,24H2,1-2H3;(H,6,7)/t12-,16-;/m1./s1. The molecular weight excluding hydrogens is 546 g/mol. The number of aryl methyl sites for hydroxylation is 1. The number of benzene rings is 1. The van der Waals surface area contributed by atoms with Gasteiger partial charge in [-0.2, -0.15) is 13.2 Å². The number of anilines is 1. The number of carboxylic acids is 1. The van der Waals surface area contributed by atoms with E-state index in [-0.39, 0.29) is 25.0 Å². The topological polar surface area (TPSA) is 175 Å². The highest BCUT2D eigenvalue weighted by Gasteiger charge is 2.34. The molecule has 1 aliphatic rings. The van der Waals surface area contributed by atoms with E-state index in [0.29, 0.717) is 34.9 Å². The van der Waals surface area contributed by atoms with Gasteiger partial charge >= 0.3 is 18.2 Å². The van der Waals surface area contributed by atoms with Gasteiger partial charge in [-0.15, -0.1) is 10.2 Å². The number of amides is 1. The Bertz CT molecular complexity index is 1360. The highest BCUT2D eigenvalue weighted by atomic mass is 19.4. The summed E-state index contributed by atoms with van der Waals surface area (Å²) in [5, 5.41) is 16.5. The third kappa shape index (κ3) is 7.49. The summed E-state index contributed by atoms with van der Waals surface area (Å²) in [6.07, 6.45) is -4.95. The number of carbonyl (C=O) groups excluding carboxylic acids is 3. The molecule has 16 heteroatoms. The Balaban J connectivity index is 0.000000559. The number of alkyl halides is 3. The van der Waals surface area contributed by atoms with Crippen LogP contribution in [0.4, 0.5) is 28.0 Å². The van der Waals surface area contributed by atoms with E-state index in [1.165, 1.54) is 17.2 Å². The number of ether oxygens (including phenoxy) is 2. The number of carbonyl (C=O) groups is 3. The number of aromatic nitrogens is 3. The number of aliphatic carboxylic acids is 1. The van der Waals surface area contributed by atoms with Crippen LogP contribution < -0.4 is 15.7 Å². The lowest BCUT2D eigenvalue weighted by Gasteiger charge is -2.15. The minimum atomic E-state index is -5.19. The summed E-state index contributed by atoms with van der Waals surface area (Å²) in [5.41, 5.74) is 5.35. The Morgan fingerprint density at radius 3 is 2.48 bits per heavy atom. The summed E-state index contributed by atoms with van der Waals surface area (Å²) in [7, 11) is 0. The van der Waals surface area contributed by atoms with Crippen LogP contribution in [0.15, 0.2) is 40.9 Å². The number of rotatable bonds is 7. The first-order valence-corrected chi connectivity index (χ1v) is 11.6. The lowest BCUT2D eigenvalue weighted by atomic mass is 10.1. The minimum Gasteiger partial charge on any atom is -0.542 e. The Labute approximate surface area is 223 Å². The predicted octanol–water partition coefficient (Wildman–Crippen LogP) is 1.29. The fourth-order valence-electron chi connectivity index (χ4n) is 3.24. The van der Waals surface area contributed by atoms with Gasteiger partial charge in [0.1, 0.15) is 30.0 Å². The van der Waals surface area contributed by atoms with Crippen molar-refractivity contribution in [2.45, 2.75) is 26.1 Å². The fraction of sp³-hybridized carbons (Fsp3) is 0.333. The van der Waals surface area contributed by atoms with Gasteiger partial charge in [-0.3, -0.25) is 14.7 Å². The van der Waals surface area contributed by atoms with Crippen molar-refractivity contribution in [3.63, 3.8) is 0 Å². The van der Waals surface area contributed by atoms with Crippen LogP contribution in [-0.4, -0.2) is 65.2 Å². The Morgan fingerprint density at radius 2 is 1.95 bits per heavy atom. The van der Waals surface area contributed by atoms with Crippen molar-refractivity contribution in [3.8, 4) is 22.7 Å². The molecule has 12 nitrogen and oxygen atoms in total. The first-order chi connectivity index (χ1) is 18.8. The van der Waals surface area contributed by atoms with Crippen LogP contribution in [0.3, 0.4) is 0 Å².